The van der Waals surface area contributed by atoms with Gasteiger partial charge in [0.15, 0.2) is 5.65 Å². The summed E-state index contributed by atoms with van der Waals surface area (Å²) < 4.78 is 40.1. The first-order chi connectivity index (χ1) is 12.0. The van der Waals surface area contributed by atoms with Gasteiger partial charge in [-0.3, -0.25) is 9.55 Å². The minimum Gasteiger partial charge on any atom is -0.297 e. The maximum atomic E-state index is 12.8. The number of hydrogen-bond acceptors (Lipinski definition) is 3. The molecule has 0 spiro atoms. The SMILES string of the molecule is FC(F)(F)c1ccc2c(ncn2-c2cccc(-c3cccnc3)c2)n1. The van der Waals surface area contributed by atoms with Gasteiger partial charge in [0, 0.05) is 23.6 Å². The van der Waals surface area contributed by atoms with Crippen LogP contribution in [0, 0.1) is 0 Å². The van der Waals surface area contributed by atoms with Gasteiger partial charge in [-0.15, -0.1) is 0 Å². The van der Waals surface area contributed by atoms with Crippen molar-refractivity contribution >= 4 is 11.2 Å². The van der Waals surface area contributed by atoms with Gasteiger partial charge in [0.25, 0.3) is 0 Å². The highest BCUT2D eigenvalue weighted by Gasteiger charge is 2.32. The van der Waals surface area contributed by atoms with Crippen LogP contribution >= 0.6 is 0 Å². The van der Waals surface area contributed by atoms with Crippen molar-refractivity contribution in [3.05, 3.63) is 72.9 Å². The van der Waals surface area contributed by atoms with E-state index in [1.54, 1.807) is 17.0 Å². The van der Waals surface area contributed by atoms with Gasteiger partial charge in [0.2, 0.25) is 0 Å². The zero-order valence-corrected chi connectivity index (χ0v) is 12.8. The summed E-state index contributed by atoms with van der Waals surface area (Å²) in [6.45, 7) is 0. The minimum atomic E-state index is -4.49. The van der Waals surface area contributed by atoms with E-state index in [0.717, 1.165) is 22.9 Å². The lowest BCUT2D eigenvalue weighted by molar-refractivity contribution is -0.141. The molecule has 4 nitrogen and oxygen atoms in total. The maximum Gasteiger partial charge on any atom is 0.433 e. The average Bonchev–Trinajstić information content (AvgIpc) is 3.05. The first kappa shape index (κ1) is 15.3. The summed E-state index contributed by atoms with van der Waals surface area (Å²) in [5.74, 6) is 0. The van der Waals surface area contributed by atoms with E-state index >= 15 is 0 Å². The van der Waals surface area contributed by atoms with Gasteiger partial charge in [-0.05, 0) is 35.9 Å². The molecule has 0 aliphatic heterocycles. The number of imidazole rings is 1. The molecule has 4 aromatic rings. The van der Waals surface area contributed by atoms with Gasteiger partial charge in [-0.2, -0.15) is 13.2 Å². The molecule has 7 heteroatoms. The third-order valence-electron chi connectivity index (χ3n) is 3.82. The Kier molecular flexibility index (Phi) is 3.49. The predicted molar refractivity (Wildman–Crippen MR) is 87.1 cm³/mol. The van der Waals surface area contributed by atoms with Crippen molar-refractivity contribution in [2.45, 2.75) is 6.18 Å². The monoisotopic (exact) mass is 340 g/mol. The Morgan fingerprint density at radius 1 is 0.920 bits per heavy atom. The largest absolute Gasteiger partial charge is 0.433 e. The van der Waals surface area contributed by atoms with Crippen molar-refractivity contribution in [3.63, 3.8) is 0 Å². The molecule has 3 aromatic heterocycles. The molecule has 3 heterocycles. The number of halogens is 3. The van der Waals surface area contributed by atoms with E-state index in [9.17, 15) is 13.2 Å². The third kappa shape index (κ3) is 2.84. The van der Waals surface area contributed by atoms with Crippen molar-refractivity contribution in [2.75, 3.05) is 0 Å². The molecule has 0 bridgehead atoms. The van der Waals surface area contributed by atoms with E-state index in [-0.39, 0.29) is 5.65 Å². The fraction of sp³-hybridized carbons (Fsp3) is 0.0556. The van der Waals surface area contributed by atoms with Gasteiger partial charge in [-0.1, -0.05) is 18.2 Å². The molecule has 4 rings (SSSR count). The molecule has 0 aliphatic carbocycles. The summed E-state index contributed by atoms with van der Waals surface area (Å²) in [4.78, 5) is 11.7. The predicted octanol–water partition coefficient (Wildman–Crippen LogP) is 4.50. The molecule has 0 radical (unpaired) electrons. The van der Waals surface area contributed by atoms with Crippen molar-refractivity contribution in [3.8, 4) is 16.8 Å². The van der Waals surface area contributed by atoms with Crippen LogP contribution in [0.2, 0.25) is 0 Å². The quantitative estimate of drug-likeness (QED) is 0.540. The van der Waals surface area contributed by atoms with Crippen LogP contribution in [0.25, 0.3) is 28.0 Å². The summed E-state index contributed by atoms with van der Waals surface area (Å²) in [7, 11) is 0. The first-order valence-corrected chi connectivity index (χ1v) is 7.44. The van der Waals surface area contributed by atoms with E-state index in [2.05, 4.69) is 15.0 Å². The molecule has 0 aliphatic rings. The van der Waals surface area contributed by atoms with E-state index in [4.69, 9.17) is 0 Å². The summed E-state index contributed by atoms with van der Waals surface area (Å²) in [5, 5.41) is 0. The summed E-state index contributed by atoms with van der Waals surface area (Å²) in [6, 6.07) is 13.7. The van der Waals surface area contributed by atoms with Gasteiger partial charge in [-0.25, -0.2) is 9.97 Å². The second kappa shape index (κ2) is 5.70. The summed E-state index contributed by atoms with van der Waals surface area (Å²) >= 11 is 0. The number of fused-ring (bicyclic) bond motifs is 1. The molecule has 0 saturated heterocycles. The topological polar surface area (TPSA) is 43.6 Å². The number of aromatic nitrogens is 4. The van der Waals surface area contributed by atoms with E-state index in [1.807, 2.05) is 36.4 Å². The molecule has 0 saturated carbocycles. The van der Waals surface area contributed by atoms with Gasteiger partial charge >= 0.3 is 6.18 Å². The number of nitrogens with zero attached hydrogens (tertiary/aromatic N) is 4. The molecule has 0 amide bonds. The zero-order chi connectivity index (χ0) is 17.4. The number of hydrogen-bond donors (Lipinski definition) is 0. The van der Waals surface area contributed by atoms with Gasteiger partial charge < -0.3 is 0 Å². The fourth-order valence-electron chi connectivity index (χ4n) is 2.63. The van der Waals surface area contributed by atoms with Crippen LogP contribution in [0.3, 0.4) is 0 Å². The highest BCUT2D eigenvalue weighted by molar-refractivity contribution is 5.75. The van der Waals surface area contributed by atoms with Crippen LogP contribution in [0.1, 0.15) is 5.69 Å². The van der Waals surface area contributed by atoms with Crippen LogP contribution in [0.4, 0.5) is 13.2 Å². The number of rotatable bonds is 2. The number of benzene rings is 1. The van der Waals surface area contributed by atoms with Crippen molar-refractivity contribution in [1.29, 1.82) is 0 Å². The minimum absolute atomic E-state index is 0.0570. The molecule has 0 atom stereocenters. The van der Waals surface area contributed by atoms with Crippen molar-refractivity contribution < 1.29 is 13.2 Å². The van der Waals surface area contributed by atoms with Crippen molar-refractivity contribution in [1.82, 2.24) is 19.5 Å². The molecule has 25 heavy (non-hydrogen) atoms. The van der Waals surface area contributed by atoms with Crippen molar-refractivity contribution in [2.24, 2.45) is 0 Å². The lowest BCUT2D eigenvalue weighted by Crippen LogP contribution is -2.07. The molecular weight excluding hydrogens is 329 g/mol. The second-order valence-electron chi connectivity index (χ2n) is 5.44. The Labute approximate surface area is 140 Å². The highest BCUT2D eigenvalue weighted by atomic mass is 19.4. The molecule has 0 unspecified atom stereocenters. The zero-order valence-electron chi connectivity index (χ0n) is 12.8. The van der Waals surface area contributed by atoms with E-state index in [0.29, 0.717) is 5.52 Å². The number of pyridine rings is 2. The van der Waals surface area contributed by atoms with Crippen LogP contribution in [0.5, 0.6) is 0 Å². The molecule has 1 aromatic carbocycles. The van der Waals surface area contributed by atoms with Crippen LogP contribution in [-0.4, -0.2) is 19.5 Å². The molecular formula is C18H11F3N4. The van der Waals surface area contributed by atoms with Gasteiger partial charge in [0.1, 0.15) is 12.0 Å². The fourth-order valence-corrected chi connectivity index (χ4v) is 2.63. The molecule has 0 N–H and O–H groups in total. The Balaban J connectivity index is 1.80. The first-order valence-electron chi connectivity index (χ1n) is 7.44. The molecule has 124 valence electrons. The highest BCUT2D eigenvalue weighted by Crippen LogP contribution is 2.29. The normalized spacial score (nSPS) is 11.8. The summed E-state index contributed by atoms with van der Waals surface area (Å²) in [6.07, 6.45) is 0.432. The Hall–Kier alpha value is -3.22. The Morgan fingerprint density at radius 3 is 2.52 bits per heavy atom. The smallest absolute Gasteiger partial charge is 0.297 e. The average molecular weight is 340 g/mol. The van der Waals surface area contributed by atoms with Gasteiger partial charge in [0.05, 0.1) is 5.52 Å². The molecule has 0 fully saturated rings. The lowest BCUT2D eigenvalue weighted by atomic mass is 10.1. The number of alkyl halides is 3. The second-order valence-corrected chi connectivity index (χ2v) is 5.44. The Bertz CT molecular complexity index is 1040. The standard InChI is InChI=1S/C18H11F3N4/c19-18(20,21)16-7-6-15-17(24-16)23-11-25(15)14-5-1-3-12(9-14)13-4-2-8-22-10-13/h1-11H. The van der Waals surface area contributed by atoms with E-state index in [1.165, 1.54) is 12.4 Å². The van der Waals surface area contributed by atoms with Crippen LogP contribution in [-0.2, 0) is 6.18 Å². The van der Waals surface area contributed by atoms with E-state index < -0.39 is 11.9 Å². The third-order valence-corrected chi connectivity index (χ3v) is 3.82. The lowest BCUT2D eigenvalue weighted by Gasteiger charge is -2.08. The van der Waals surface area contributed by atoms with Crippen LogP contribution < -0.4 is 0 Å². The summed E-state index contributed by atoms with van der Waals surface area (Å²) in [5.41, 5.74) is 2.30. The Morgan fingerprint density at radius 2 is 1.76 bits per heavy atom. The maximum absolute atomic E-state index is 12.8. The van der Waals surface area contributed by atoms with Crippen LogP contribution in [0.15, 0.2) is 67.3 Å².